The van der Waals surface area contributed by atoms with Crippen LogP contribution >= 0.6 is 12.2 Å². The van der Waals surface area contributed by atoms with Crippen molar-refractivity contribution in [1.29, 1.82) is 0 Å². The first-order valence-corrected chi connectivity index (χ1v) is 15.9. The van der Waals surface area contributed by atoms with Gasteiger partial charge in [0.2, 0.25) is 0 Å². The van der Waals surface area contributed by atoms with Crippen LogP contribution in [0.15, 0.2) is 65.3 Å². The highest BCUT2D eigenvalue weighted by molar-refractivity contribution is 7.80. The summed E-state index contributed by atoms with van der Waals surface area (Å²) in [7, 11) is 2.48. The van der Waals surface area contributed by atoms with Gasteiger partial charge in [-0.1, -0.05) is 76.0 Å². The van der Waals surface area contributed by atoms with E-state index in [0.717, 1.165) is 24.4 Å². The summed E-state index contributed by atoms with van der Waals surface area (Å²) < 4.78 is 15.2. The lowest BCUT2D eigenvalue weighted by Gasteiger charge is -2.26. The molecule has 2 fully saturated rings. The van der Waals surface area contributed by atoms with Crippen LogP contribution in [0.4, 0.5) is 4.39 Å². The Kier molecular flexibility index (Phi) is 20.6. The number of alkyl halides is 1. The number of ether oxygens (including phenoxy) is 1. The summed E-state index contributed by atoms with van der Waals surface area (Å²) in [6.07, 6.45) is 23.9. The number of nitrogens with one attached hydrogen (secondary N) is 1. The van der Waals surface area contributed by atoms with Crippen molar-refractivity contribution in [3.8, 4) is 5.75 Å². The first-order valence-electron chi connectivity index (χ1n) is 15.5. The maximum atomic E-state index is 9.50. The number of hydrogen-bond donors (Lipinski definition) is 1. The molecule has 2 aliphatic carbocycles. The summed E-state index contributed by atoms with van der Waals surface area (Å²) in [4.78, 5) is 9.09. The van der Waals surface area contributed by atoms with Crippen LogP contribution in [0.3, 0.4) is 0 Å². The SMILES string of the molecule is CC.CC(C)Oc1cccc(CN2CCCCC2)c1.CF.CN(C(=S)NC=NC1CCCCC1)C1=CCC=CC=C1. The number of piperidine rings is 1. The number of thiocarbonyl (C=S) groups is 1. The Morgan fingerprint density at radius 3 is 2.46 bits per heavy atom. The highest BCUT2D eigenvalue weighted by Crippen LogP contribution is 2.20. The quantitative estimate of drug-likeness (QED) is 0.197. The summed E-state index contributed by atoms with van der Waals surface area (Å²) in [5.41, 5.74) is 2.48. The largest absolute Gasteiger partial charge is 0.491 e. The van der Waals surface area contributed by atoms with Gasteiger partial charge < -0.3 is 15.0 Å². The predicted octanol–water partition coefficient (Wildman–Crippen LogP) is 8.63. The van der Waals surface area contributed by atoms with Gasteiger partial charge in [-0.2, -0.15) is 0 Å². The third-order valence-corrected chi connectivity index (χ3v) is 7.23. The molecule has 3 aliphatic rings. The van der Waals surface area contributed by atoms with Crippen LogP contribution in [0, 0.1) is 0 Å². The van der Waals surface area contributed by atoms with E-state index in [-0.39, 0.29) is 6.10 Å². The number of rotatable bonds is 7. The summed E-state index contributed by atoms with van der Waals surface area (Å²) in [6, 6.07) is 8.98. The normalized spacial score (nSPS) is 17.1. The van der Waals surface area contributed by atoms with E-state index in [1.807, 2.05) is 37.9 Å². The van der Waals surface area contributed by atoms with Gasteiger partial charge in [-0.05, 0) is 95.0 Å². The molecule has 5 nitrogen and oxygen atoms in total. The van der Waals surface area contributed by atoms with Gasteiger partial charge in [0.1, 0.15) is 5.75 Å². The molecule has 0 amide bonds. The molecule has 41 heavy (non-hydrogen) atoms. The molecule has 0 aromatic heterocycles. The van der Waals surface area contributed by atoms with E-state index >= 15 is 0 Å². The minimum absolute atomic E-state index is 0.250. The maximum absolute atomic E-state index is 9.50. The van der Waals surface area contributed by atoms with E-state index < -0.39 is 0 Å². The zero-order valence-electron chi connectivity index (χ0n) is 26.4. The van der Waals surface area contributed by atoms with Crippen molar-refractivity contribution in [3.05, 3.63) is 65.9 Å². The molecule has 1 aromatic carbocycles. The molecular weight excluding hydrogens is 531 g/mol. The fourth-order valence-electron chi connectivity index (χ4n) is 4.82. The summed E-state index contributed by atoms with van der Waals surface area (Å²) >= 11 is 5.40. The lowest BCUT2D eigenvalue weighted by atomic mass is 9.96. The fraction of sp³-hybridized carbons (Fsp3) is 0.588. The topological polar surface area (TPSA) is 40.1 Å². The summed E-state index contributed by atoms with van der Waals surface area (Å²) in [6.45, 7) is 11.7. The van der Waals surface area contributed by atoms with Crippen LogP contribution in [0.2, 0.25) is 0 Å². The van der Waals surface area contributed by atoms with Gasteiger partial charge in [0.05, 0.1) is 25.7 Å². The Bertz CT molecular complexity index is 948. The van der Waals surface area contributed by atoms with Crippen LogP contribution in [-0.2, 0) is 6.54 Å². The lowest BCUT2D eigenvalue weighted by Crippen LogP contribution is -2.35. The third-order valence-electron chi connectivity index (χ3n) is 6.84. The zero-order chi connectivity index (χ0) is 30.3. The van der Waals surface area contributed by atoms with Gasteiger partial charge in [-0.3, -0.25) is 14.3 Å². The average Bonchev–Trinajstić information content (AvgIpc) is 3.30. The van der Waals surface area contributed by atoms with Crippen LogP contribution in [0.5, 0.6) is 5.75 Å². The molecular formula is C34H55FN4OS. The van der Waals surface area contributed by atoms with Crippen molar-refractivity contribution in [2.24, 2.45) is 4.99 Å². The third kappa shape index (κ3) is 15.9. The predicted molar refractivity (Wildman–Crippen MR) is 180 cm³/mol. The van der Waals surface area contributed by atoms with E-state index in [0.29, 0.717) is 18.3 Å². The van der Waals surface area contributed by atoms with Crippen molar-refractivity contribution in [2.75, 3.05) is 27.3 Å². The van der Waals surface area contributed by atoms with E-state index in [1.165, 1.54) is 70.0 Å². The number of benzene rings is 1. The molecule has 0 unspecified atom stereocenters. The molecule has 1 aromatic rings. The fourth-order valence-corrected chi connectivity index (χ4v) is 4.98. The zero-order valence-corrected chi connectivity index (χ0v) is 27.3. The second kappa shape index (κ2) is 23.1. The van der Waals surface area contributed by atoms with Gasteiger partial charge in [0.25, 0.3) is 0 Å². The molecule has 230 valence electrons. The van der Waals surface area contributed by atoms with Crippen molar-refractivity contribution < 1.29 is 9.13 Å². The molecule has 0 radical (unpaired) electrons. The Labute approximate surface area is 255 Å². The van der Waals surface area contributed by atoms with E-state index in [1.54, 1.807) is 6.34 Å². The average molecular weight is 587 g/mol. The Morgan fingerprint density at radius 1 is 1.10 bits per heavy atom. The minimum atomic E-state index is 0.250. The first kappa shape index (κ1) is 36.5. The van der Waals surface area contributed by atoms with E-state index in [2.05, 4.69) is 71.6 Å². The highest BCUT2D eigenvalue weighted by Gasteiger charge is 2.12. The van der Waals surface area contributed by atoms with Gasteiger partial charge in [0.15, 0.2) is 5.11 Å². The number of nitrogens with zero attached hydrogens (tertiary/aromatic N) is 3. The Hall–Kier alpha value is -2.51. The van der Waals surface area contributed by atoms with Crippen LogP contribution in [-0.4, -0.2) is 60.7 Å². The van der Waals surface area contributed by atoms with Crippen molar-refractivity contribution >= 4 is 23.7 Å². The number of hydrogen-bond acceptors (Lipinski definition) is 4. The number of allylic oxidation sites excluding steroid dienone is 5. The Morgan fingerprint density at radius 2 is 1.78 bits per heavy atom. The first-order chi connectivity index (χ1) is 20.0. The molecule has 1 aliphatic heterocycles. The standard InChI is InChI=1S/C16H23N3S.C15H23NO.C2H6.CH3F/c1-19(15-11-7-2-3-8-12-15)16(20)18-13-17-14-9-5-4-6-10-14;1-13(2)17-15-8-6-7-14(11-15)12-16-9-4-3-5-10-16;2*1-2/h2-3,7,11-14H,4-6,8-10H2,1H3,(H,17,18,20);6-8,11,13H,3-5,9-10,12H2,1-2H3;1-2H3;1H3. The molecule has 0 bridgehead atoms. The molecule has 4 rings (SSSR count). The van der Waals surface area contributed by atoms with E-state index in [9.17, 15) is 4.39 Å². The number of likely N-dealkylation sites (tertiary alicyclic amines) is 1. The number of halogens is 1. The smallest absolute Gasteiger partial charge is 0.178 e. The maximum Gasteiger partial charge on any atom is 0.178 e. The van der Waals surface area contributed by atoms with Crippen molar-refractivity contribution in [3.63, 3.8) is 0 Å². The van der Waals surface area contributed by atoms with Gasteiger partial charge in [0, 0.05) is 19.3 Å². The van der Waals surface area contributed by atoms with Crippen LogP contribution in [0.1, 0.15) is 91.0 Å². The second-order valence-electron chi connectivity index (χ2n) is 10.4. The molecule has 0 atom stereocenters. The molecule has 1 saturated heterocycles. The monoisotopic (exact) mass is 586 g/mol. The lowest BCUT2D eigenvalue weighted by molar-refractivity contribution is 0.219. The van der Waals surface area contributed by atoms with Gasteiger partial charge in [-0.15, -0.1) is 0 Å². The molecule has 7 heteroatoms. The summed E-state index contributed by atoms with van der Waals surface area (Å²) in [5.74, 6) is 0.995. The van der Waals surface area contributed by atoms with E-state index in [4.69, 9.17) is 17.0 Å². The van der Waals surface area contributed by atoms with Gasteiger partial charge in [-0.25, -0.2) is 0 Å². The van der Waals surface area contributed by atoms with Crippen LogP contribution < -0.4 is 10.1 Å². The molecule has 1 heterocycles. The molecule has 0 spiro atoms. The van der Waals surface area contributed by atoms with Crippen molar-refractivity contribution in [2.45, 2.75) is 104 Å². The second-order valence-corrected chi connectivity index (χ2v) is 10.8. The number of aliphatic imine (C=N–C) groups is 1. The van der Waals surface area contributed by atoms with Crippen LogP contribution in [0.25, 0.3) is 0 Å². The minimum Gasteiger partial charge on any atom is -0.491 e. The summed E-state index contributed by atoms with van der Waals surface area (Å²) in [5, 5.41) is 3.80. The molecule has 1 saturated carbocycles. The number of likely N-dealkylation sites (N-methyl/N-ethyl adjacent to an activating group) is 1. The Balaban J connectivity index is 0.000000369. The highest BCUT2D eigenvalue weighted by atomic mass is 32.1. The van der Waals surface area contributed by atoms with Crippen molar-refractivity contribution in [1.82, 2.24) is 15.1 Å². The van der Waals surface area contributed by atoms with Gasteiger partial charge >= 0.3 is 0 Å². The molecule has 1 N–H and O–H groups in total.